The number of Topliss-reactive ketones (excluding diaryl/α,β-unsaturated/α-hetero) is 1. The molecule has 0 radical (unpaired) electrons. The molecule has 0 bridgehead atoms. The molecule has 0 fully saturated rings. The quantitative estimate of drug-likeness (QED) is 0.818. The molecule has 0 saturated heterocycles. The van der Waals surface area contributed by atoms with Crippen LogP contribution in [0.25, 0.3) is 10.8 Å². The number of benzene rings is 2. The summed E-state index contributed by atoms with van der Waals surface area (Å²) in [6, 6.07) is 10.8. The van der Waals surface area contributed by atoms with Gasteiger partial charge in [0.2, 0.25) is 5.78 Å². The molecule has 0 aromatic heterocycles. The Morgan fingerprint density at radius 2 is 1.85 bits per heavy atom. The molecule has 2 aromatic rings. The normalized spacial score (nSPS) is 14.8. The second kappa shape index (κ2) is 4.77. The summed E-state index contributed by atoms with van der Waals surface area (Å²) in [7, 11) is 0. The third kappa shape index (κ3) is 1.84. The summed E-state index contributed by atoms with van der Waals surface area (Å²) in [4.78, 5) is 23.7. The number of nitrogens with one attached hydrogen (secondary N) is 2. The third-order valence-corrected chi connectivity index (χ3v) is 3.23. The van der Waals surface area contributed by atoms with Gasteiger partial charge in [-0.25, -0.2) is 10.2 Å². The first-order chi connectivity index (χ1) is 9.72. The van der Waals surface area contributed by atoms with Gasteiger partial charge in [-0.1, -0.05) is 36.4 Å². The van der Waals surface area contributed by atoms with Crippen molar-refractivity contribution in [1.29, 1.82) is 0 Å². The number of hydrazone groups is 1. The molecule has 20 heavy (non-hydrogen) atoms. The van der Waals surface area contributed by atoms with Crippen molar-refractivity contribution >= 4 is 28.3 Å². The van der Waals surface area contributed by atoms with E-state index in [2.05, 4.69) is 15.8 Å². The third-order valence-electron chi connectivity index (χ3n) is 3.23. The molecule has 1 aliphatic carbocycles. The summed E-state index contributed by atoms with van der Waals surface area (Å²) in [6.45, 7) is 2.31. The Morgan fingerprint density at radius 1 is 1.15 bits per heavy atom. The van der Waals surface area contributed by atoms with Crippen molar-refractivity contribution in [2.75, 3.05) is 6.54 Å². The van der Waals surface area contributed by atoms with Crippen molar-refractivity contribution in [3.05, 3.63) is 47.5 Å². The fraction of sp³-hybridized carbons (Fsp3) is 0.133. The number of rotatable bonds is 2. The van der Waals surface area contributed by atoms with E-state index in [-0.39, 0.29) is 11.5 Å². The van der Waals surface area contributed by atoms with Crippen LogP contribution in [0.4, 0.5) is 4.79 Å². The van der Waals surface area contributed by atoms with Crippen LogP contribution in [0.15, 0.2) is 41.5 Å². The molecule has 100 valence electrons. The molecular weight excluding hydrogens is 254 g/mol. The first-order valence-electron chi connectivity index (χ1n) is 6.40. The number of urea groups is 1. The van der Waals surface area contributed by atoms with Crippen LogP contribution in [0.3, 0.4) is 0 Å². The minimum absolute atomic E-state index is 0.159. The van der Waals surface area contributed by atoms with Gasteiger partial charge in [0, 0.05) is 23.1 Å². The lowest BCUT2D eigenvalue weighted by atomic mass is 10.1. The minimum atomic E-state index is -0.420. The van der Waals surface area contributed by atoms with E-state index in [0.29, 0.717) is 12.1 Å². The highest BCUT2D eigenvalue weighted by Crippen LogP contribution is 2.30. The second-order valence-electron chi connectivity index (χ2n) is 4.47. The van der Waals surface area contributed by atoms with Crippen LogP contribution in [0.5, 0.6) is 0 Å². The van der Waals surface area contributed by atoms with E-state index in [0.717, 1.165) is 16.3 Å². The number of nitrogens with zero attached hydrogens (tertiary/aromatic N) is 1. The van der Waals surface area contributed by atoms with Crippen LogP contribution in [-0.2, 0) is 0 Å². The van der Waals surface area contributed by atoms with Gasteiger partial charge in [0.1, 0.15) is 5.71 Å². The topological polar surface area (TPSA) is 70.6 Å². The van der Waals surface area contributed by atoms with Crippen molar-refractivity contribution in [3.63, 3.8) is 0 Å². The molecule has 5 heteroatoms. The largest absolute Gasteiger partial charge is 0.337 e. The average molecular weight is 267 g/mol. The summed E-state index contributed by atoms with van der Waals surface area (Å²) in [5.74, 6) is -0.159. The SMILES string of the molecule is CCNC(=O)N/N=C1/C(=O)c2cccc3cccc1c23. The van der Waals surface area contributed by atoms with Crippen LogP contribution >= 0.6 is 0 Å². The van der Waals surface area contributed by atoms with E-state index in [9.17, 15) is 9.59 Å². The van der Waals surface area contributed by atoms with Crippen molar-refractivity contribution < 1.29 is 9.59 Å². The van der Waals surface area contributed by atoms with Gasteiger partial charge in [0.25, 0.3) is 0 Å². The predicted octanol–water partition coefficient (Wildman–Crippen LogP) is 2.06. The molecule has 2 aromatic carbocycles. The highest BCUT2D eigenvalue weighted by Gasteiger charge is 2.28. The van der Waals surface area contributed by atoms with Gasteiger partial charge in [-0.15, -0.1) is 0 Å². The van der Waals surface area contributed by atoms with E-state index in [1.165, 1.54) is 0 Å². The van der Waals surface area contributed by atoms with Gasteiger partial charge in [-0.2, -0.15) is 5.10 Å². The fourth-order valence-electron chi connectivity index (χ4n) is 2.40. The summed E-state index contributed by atoms with van der Waals surface area (Å²) < 4.78 is 0. The highest BCUT2D eigenvalue weighted by atomic mass is 16.2. The molecule has 2 amide bonds. The highest BCUT2D eigenvalue weighted by molar-refractivity contribution is 6.59. The van der Waals surface area contributed by atoms with Crippen LogP contribution in [0.1, 0.15) is 22.8 Å². The number of carbonyl (C=O) groups is 2. The minimum Gasteiger partial charge on any atom is -0.337 e. The monoisotopic (exact) mass is 267 g/mol. The van der Waals surface area contributed by atoms with Crippen molar-refractivity contribution in [2.24, 2.45) is 5.10 Å². The maximum atomic E-state index is 12.3. The Balaban J connectivity index is 2.05. The van der Waals surface area contributed by atoms with Gasteiger partial charge in [-0.3, -0.25) is 4.79 Å². The van der Waals surface area contributed by atoms with Crippen LogP contribution < -0.4 is 10.7 Å². The molecule has 1 aliphatic rings. The summed E-state index contributed by atoms with van der Waals surface area (Å²) in [6.07, 6.45) is 0. The van der Waals surface area contributed by atoms with Crippen LogP contribution in [0.2, 0.25) is 0 Å². The lowest BCUT2D eigenvalue weighted by Crippen LogP contribution is -2.33. The average Bonchev–Trinajstić information content (AvgIpc) is 2.73. The first kappa shape index (κ1) is 12.3. The van der Waals surface area contributed by atoms with E-state index >= 15 is 0 Å². The Kier molecular flexibility index (Phi) is 2.95. The Hall–Kier alpha value is -2.69. The Bertz CT molecular complexity index is 745. The maximum Gasteiger partial charge on any atom is 0.335 e. The van der Waals surface area contributed by atoms with Crippen LogP contribution in [-0.4, -0.2) is 24.1 Å². The van der Waals surface area contributed by atoms with Gasteiger partial charge in [-0.05, 0) is 12.3 Å². The lowest BCUT2D eigenvalue weighted by Gasteiger charge is -2.02. The van der Waals surface area contributed by atoms with Crippen molar-refractivity contribution in [2.45, 2.75) is 6.92 Å². The standard InChI is InChI=1S/C15H13N3O2/c1-2-16-15(20)18-17-13-10-7-3-5-9-6-4-8-11(12(9)10)14(13)19/h3-8H,2H2,1H3,(H2,16,18,20)/b17-13+. The molecule has 0 saturated carbocycles. The van der Waals surface area contributed by atoms with E-state index in [1.54, 1.807) is 6.07 Å². The molecule has 0 heterocycles. The fourth-order valence-corrected chi connectivity index (χ4v) is 2.40. The molecule has 0 unspecified atom stereocenters. The zero-order valence-electron chi connectivity index (χ0n) is 10.9. The summed E-state index contributed by atoms with van der Waals surface area (Å²) >= 11 is 0. The zero-order valence-corrected chi connectivity index (χ0v) is 10.9. The van der Waals surface area contributed by atoms with Gasteiger partial charge < -0.3 is 5.32 Å². The molecule has 3 rings (SSSR count). The molecular formula is C15H13N3O2. The molecule has 0 aliphatic heterocycles. The number of amides is 2. The van der Waals surface area contributed by atoms with Gasteiger partial charge in [0.15, 0.2) is 0 Å². The van der Waals surface area contributed by atoms with Gasteiger partial charge >= 0.3 is 6.03 Å². The lowest BCUT2D eigenvalue weighted by molar-refractivity contribution is 0.106. The van der Waals surface area contributed by atoms with Crippen molar-refractivity contribution in [3.8, 4) is 0 Å². The molecule has 0 spiro atoms. The second-order valence-corrected chi connectivity index (χ2v) is 4.47. The van der Waals surface area contributed by atoms with E-state index in [4.69, 9.17) is 0 Å². The maximum absolute atomic E-state index is 12.3. The Morgan fingerprint density at radius 3 is 2.55 bits per heavy atom. The molecule has 2 N–H and O–H groups in total. The van der Waals surface area contributed by atoms with Gasteiger partial charge in [0.05, 0.1) is 0 Å². The summed E-state index contributed by atoms with van der Waals surface area (Å²) in [5, 5.41) is 8.43. The van der Waals surface area contributed by atoms with E-state index < -0.39 is 6.03 Å². The number of ketones is 1. The zero-order chi connectivity index (χ0) is 14.1. The Labute approximate surface area is 115 Å². The smallest absolute Gasteiger partial charge is 0.335 e. The predicted molar refractivity (Wildman–Crippen MR) is 77.0 cm³/mol. The number of hydrogen-bond donors (Lipinski definition) is 2. The van der Waals surface area contributed by atoms with Crippen LogP contribution in [0, 0.1) is 0 Å². The van der Waals surface area contributed by atoms with Crippen molar-refractivity contribution in [1.82, 2.24) is 10.7 Å². The number of hydrogen-bond acceptors (Lipinski definition) is 3. The summed E-state index contributed by atoms with van der Waals surface area (Å²) in [5.41, 5.74) is 4.03. The molecule has 5 nitrogen and oxygen atoms in total. The number of carbonyl (C=O) groups excluding carboxylic acids is 2. The first-order valence-corrected chi connectivity index (χ1v) is 6.40. The van der Waals surface area contributed by atoms with E-state index in [1.807, 2.05) is 37.3 Å². The molecule has 0 atom stereocenters.